The highest BCUT2D eigenvalue weighted by molar-refractivity contribution is 5.48. The van der Waals surface area contributed by atoms with Crippen molar-refractivity contribution < 1.29 is 19.3 Å². The molecule has 2 aromatic carbocycles. The van der Waals surface area contributed by atoms with E-state index in [1.165, 1.54) is 0 Å². The Hall–Kier alpha value is -2.36. The second kappa shape index (κ2) is 7.07. The van der Waals surface area contributed by atoms with Crippen molar-refractivity contribution >= 4 is 0 Å². The van der Waals surface area contributed by atoms with Crippen LogP contribution in [0, 0.1) is 6.92 Å². The third-order valence-electron chi connectivity index (χ3n) is 3.66. The average Bonchev–Trinajstić information content (AvgIpc) is 2.55. The molecule has 0 amide bonds. The van der Waals surface area contributed by atoms with Crippen LogP contribution in [0.2, 0.25) is 0 Å². The van der Waals surface area contributed by atoms with Gasteiger partial charge in [-0.1, -0.05) is 6.07 Å². The van der Waals surface area contributed by atoms with Gasteiger partial charge in [-0.2, -0.15) is 0 Å². The fraction of sp³-hybridized carbons (Fsp3) is 0.333. The van der Waals surface area contributed by atoms with Crippen molar-refractivity contribution in [1.82, 2.24) is 0 Å². The van der Waals surface area contributed by atoms with Crippen LogP contribution in [-0.4, -0.2) is 26.4 Å². The zero-order valence-corrected chi connectivity index (χ0v) is 13.5. The molecule has 0 spiro atoms. The Morgan fingerprint density at radius 2 is 1.32 bits per heavy atom. The topological polar surface area (TPSA) is 47.9 Å². The number of benzene rings is 2. The summed E-state index contributed by atoms with van der Waals surface area (Å²) in [7, 11) is 4.85. The van der Waals surface area contributed by atoms with Gasteiger partial charge in [0, 0.05) is 6.07 Å². The Balaban J connectivity index is 2.18. The SMILES string of the molecule is COc1cc(CCc2cc(C)c(O)c(OC)c2)cc(OC)c1. The second-order valence-corrected chi connectivity index (χ2v) is 5.18. The van der Waals surface area contributed by atoms with Gasteiger partial charge in [-0.15, -0.1) is 0 Å². The molecule has 0 aliphatic rings. The number of aromatic hydroxyl groups is 1. The largest absolute Gasteiger partial charge is 0.504 e. The molecule has 0 aliphatic carbocycles. The maximum atomic E-state index is 9.89. The quantitative estimate of drug-likeness (QED) is 0.887. The second-order valence-electron chi connectivity index (χ2n) is 5.18. The van der Waals surface area contributed by atoms with Crippen molar-refractivity contribution in [2.45, 2.75) is 19.8 Å². The molecular formula is C18H22O4. The zero-order valence-electron chi connectivity index (χ0n) is 13.5. The van der Waals surface area contributed by atoms with Crippen LogP contribution in [0.1, 0.15) is 16.7 Å². The van der Waals surface area contributed by atoms with Crippen LogP contribution in [0.4, 0.5) is 0 Å². The summed E-state index contributed by atoms with van der Waals surface area (Å²) in [6.07, 6.45) is 1.69. The molecule has 0 fully saturated rings. The minimum Gasteiger partial charge on any atom is -0.504 e. The van der Waals surface area contributed by atoms with E-state index < -0.39 is 0 Å². The Morgan fingerprint density at radius 1 is 0.773 bits per heavy atom. The summed E-state index contributed by atoms with van der Waals surface area (Å²) in [4.78, 5) is 0. The molecule has 1 N–H and O–H groups in total. The molecule has 0 radical (unpaired) electrons. The lowest BCUT2D eigenvalue weighted by molar-refractivity contribution is 0.371. The summed E-state index contributed by atoms with van der Waals surface area (Å²) < 4.78 is 15.8. The summed E-state index contributed by atoms with van der Waals surface area (Å²) in [6.45, 7) is 1.87. The van der Waals surface area contributed by atoms with Gasteiger partial charge in [0.25, 0.3) is 0 Å². The van der Waals surface area contributed by atoms with E-state index >= 15 is 0 Å². The molecule has 0 bridgehead atoms. The minimum atomic E-state index is 0.203. The van der Waals surface area contributed by atoms with Gasteiger partial charge in [-0.25, -0.2) is 0 Å². The summed E-state index contributed by atoms with van der Waals surface area (Å²) in [6, 6.07) is 9.73. The fourth-order valence-corrected chi connectivity index (χ4v) is 2.42. The van der Waals surface area contributed by atoms with Crippen LogP contribution >= 0.6 is 0 Å². The van der Waals surface area contributed by atoms with E-state index in [1.54, 1.807) is 21.3 Å². The summed E-state index contributed by atoms with van der Waals surface area (Å²) in [5.74, 6) is 2.29. The summed E-state index contributed by atoms with van der Waals surface area (Å²) in [5.41, 5.74) is 3.08. The molecule has 0 saturated heterocycles. The van der Waals surface area contributed by atoms with Gasteiger partial charge in [0.05, 0.1) is 21.3 Å². The van der Waals surface area contributed by atoms with E-state index in [9.17, 15) is 5.11 Å². The Kier molecular flexibility index (Phi) is 5.15. The van der Waals surface area contributed by atoms with Crippen molar-refractivity contribution in [1.29, 1.82) is 0 Å². The van der Waals surface area contributed by atoms with E-state index in [1.807, 2.05) is 37.3 Å². The fourth-order valence-electron chi connectivity index (χ4n) is 2.42. The standard InChI is InChI=1S/C18H22O4/c1-12-7-13(10-17(22-4)18(12)19)5-6-14-8-15(20-2)11-16(9-14)21-3/h7-11,19H,5-6H2,1-4H3. The van der Waals surface area contributed by atoms with Crippen molar-refractivity contribution in [3.05, 3.63) is 47.0 Å². The number of hydrogen-bond donors (Lipinski definition) is 1. The van der Waals surface area contributed by atoms with Gasteiger partial charge in [0.1, 0.15) is 11.5 Å². The molecule has 0 atom stereocenters. The lowest BCUT2D eigenvalue weighted by Crippen LogP contribution is -1.96. The molecule has 0 aromatic heterocycles. The van der Waals surface area contributed by atoms with Crippen LogP contribution in [0.25, 0.3) is 0 Å². The average molecular weight is 302 g/mol. The Bertz CT molecular complexity index is 628. The van der Waals surface area contributed by atoms with Crippen LogP contribution in [0.15, 0.2) is 30.3 Å². The maximum Gasteiger partial charge on any atom is 0.161 e. The van der Waals surface area contributed by atoms with Gasteiger partial charge in [-0.05, 0) is 54.7 Å². The first-order valence-electron chi connectivity index (χ1n) is 7.15. The van der Waals surface area contributed by atoms with Gasteiger partial charge in [0.2, 0.25) is 0 Å². The van der Waals surface area contributed by atoms with Crippen molar-refractivity contribution in [3.8, 4) is 23.0 Å². The van der Waals surface area contributed by atoms with Crippen LogP contribution in [0.3, 0.4) is 0 Å². The van der Waals surface area contributed by atoms with Gasteiger partial charge in [-0.3, -0.25) is 0 Å². The first-order valence-corrected chi connectivity index (χ1v) is 7.15. The maximum absolute atomic E-state index is 9.89. The third-order valence-corrected chi connectivity index (χ3v) is 3.66. The van der Waals surface area contributed by atoms with Crippen molar-refractivity contribution in [3.63, 3.8) is 0 Å². The molecule has 0 aliphatic heterocycles. The lowest BCUT2D eigenvalue weighted by atomic mass is 10.0. The number of phenolic OH excluding ortho intramolecular Hbond substituents is 1. The molecule has 4 heteroatoms. The molecular weight excluding hydrogens is 280 g/mol. The van der Waals surface area contributed by atoms with Crippen LogP contribution < -0.4 is 14.2 Å². The minimum absolute atomic E-state index is 0.203. The lowest BCUT2D eigenvalue weighted by Gasteiger charge is -2.11. The zero-order chi connectivity index (χ0) is 16.1. The van der Waals surface area contributed by atoms with Gasteiger partial charge >= 0.3 is 0 Å². The van der Waals surface area contributed by atoms with E-state index in [2.05, 4.69) is 0 Å². The molecule has 0 heterocycles. The van der Waals surface area contributed by atoms with Crippen molar-refractivity contribution in [2.24, 2.45) is 0 Å². The summed E-state index contributed by atoms with van der Waals surface area (Å²) in [5, 5.41) is 9.89. The highest BCUT2D eigenvalue weighted by Crippen LogP contribution is 2.31. The Labute approximate surface area is 131 Å². The smallest absolute Gasteiger partial charge is 0.161 e. The third kappa shape index (κ3) is 3.64. The van der Waals surface area contributed by atoms with E-state index in [0.29, 0.717) is 5.75 Å². The molecule has 22 heavy (non-hydrogen) atoms. The predicted molar refractivity (Wildman–Crippen MR) is 86.3 cm³/mol. The first kappa shape index (κ1) is 16.0. The molecule has 2 aromatic rings. The first-order chi connectivity index (χ1) is 10.6. The molecule has 0 saturated carbocycles. The van der Waals surface area contributed by atoms with Gasteiger partial charge < -0.3 is 19.3 Å². The number of aryl methyl sites for hydroxylation is 3. The number of phenols is 1. The number of rotatable bonds is 6. The van der Waals surface area contributed by atoms with E-state index in [0.717, 1.165) is 41.0 Å². The number of ether oxygens (including phenoxy) is 3. The predicted octanol–water partition coefficient (Wildman–Crippen LogP) is 3.51. The van der Waals surface area contributed by atoms with E-state index in [4.69, 9.17) is 14.2 Å². The highest BCUT2D eigenvalue weighted by atomic mass is 16.5. The normalized spacial score (nSPS) is 10.4. The number of methoxy groups -OCH3 is 3. The number of hydrogen-bond acceptors (Lipinski definition) is 4. The van der Waals surface area contributed by atoms with Gasteiger partial charge in [0.15, 0.2) is 11.5 Å². The molecule has 4 nitrogen and oxygen atoms in total. The van der Waals surface area contributed by atoms with Crippen LogP contribution in [-0.2, 0) is 12.8 Å². The van der Waals surface area contributed by atoms with E-state index in [-0.39, 0.29) is 5.75 Å². The monoisotopic (exact) mass is 302 g/mol. The highest BCUT2D eigenvalue weighted by Gasteiger charge is 2.08. The van der Waals surface area contributed by atoms with Crippen molar-refractivity contribution in [2.75, 3.05) is 21.3 Å². The molecule has 0 unspecified atom stereocenters. The molecule has 118 valence electrons. The molecule has 2 rings (SSSR count). The summed E-state index contributed by atoms with van der Waals surface area (Å²) >= 11 is 0. The Morgan fingerprint density at radius 3 is 1.82 bits per heavy atom. The van der Waals surface area contributed by atoms with Crippen LogP contribution in [0.5, 0.6) is 23.0 Å².